The van der Waals surface area contributed by atoms with Crippen LogP contribution in [0, 0.1) is 0 Å². The Morgan fingerprint density at radius 3 is 2.79 bits per heavy atom. The van der Waals surface area contributed by atoms with E-state index in [1.54, 1.807) is 7.11 Å². The van der Waals surface area contributed by atoms with Crippen LogP contribution in [-0.4, -0.2) is 42.2 Å². The van der Waals surface area contributed by atoms with Gasteiger partial charge in [-0.2, -0.15) is 0 Å². The second-order valence-electron chi connectivity index (χ2n) is 7.18. The minimum absolute atomic E-state index is 0.0177. The van der Waals surface area contributed by atoms with Crippen LogP contribution in [0.3, 0.4) is 0 Å². The molecule has 0 aromatic heterocycles. The number of carbonyl (C=O) groups is 2. The Morgan fingerprint density at radius 1 is 1.31 bits per heavy atom. The van der Waals surface area contributed by atoms with E-state index in [0.29, 0.717) is 23.1 Å². The lowest BCUT2D eigenvalue weighted by Crippen LogP contribution is -2.38. The van der Waals surface area contributed by atoms with Gasteiger partial charge in [0.05, 0.1) is 38.0 Å². The van der Waals surface area contributed by atoms with Crippen LogP contribution in [0.2, 0.25) is 0 Å². The SMILES string of the molecule is COC(=O)C1=C(C)N=C2SC=C(CC(=O)NC3CC3)N2[C@@H]1c1cccc(OC)c1. The zero-order valence-corrected chi connectivity index (χ0v) is 17.4. The van der Waals surface area contributed by atoms with Gasteiger partial charge in [0.25, 0.3) is 0 Å². The number of ether oxygens (including phenoxy) is 2. The number of rotatable bonds is 6. The number of amides is 1. The third kappa shape index (κ3) is 3.89. The van der Waals surface area contributed by atoms with E-state index in [4.69, 9.17) is 9.47 Å². The number of aliphatic imine (C=N–C) groups is 1. The third-order valence-electron chi connectivity index (χ3n) is 5.10. The van der Waals surface area contributed by atoms with Crippen molar-refractivity contribution in [1.82, 2.24) is 10.2 Å². The summed E-state index contributed by atoms with van der Waals surface area (Å²) in [5.41, 5.74) is 2.75. The maximum atomic E-state index is 12.7. The summed E-state index contributed by atoms with van der Waals surface area (Å²) in [6.45, 7) is 1.81. The summed E-state index contributed by atoms with van der Waals surface area (Å²) >= 11 is 1.46. The summed E-state index contributed by atoms with van der Waals surface area (Å²) < 4.78 is 10.4. The predicted octanol–water partition coefficient (Wildman–Crippen LogP) is 3.11. The van der Waals surface area contributed by atoms with Crippen molar-refractivity contribution in [3.8, 4) is 5.75 Å². The van der Waals surface area contributed by atoms with Crippen molar-refractivity contribution in [2.45, 2.75) is 38.3 Å². The van der Waals surface area contributed by atoms with E-state index < -0.39 is 12.0 Å². The Hall–Kier alpha value is -2.74. The van der Waals surface area contributed by atoms with Gasteiger partial charge < -0.3 is 19.7 Å². The molecule has 2 aliphatic heterocycles. The normalized spacial score (nSPS) is 20.7. The molecule has 1 aliphatic carbocycles. The number of benzene rings is 1. The maximum absolute atomic E-state index is 12.7. The molecular formula is C21H23N3O4S. The zero-order chi connectivity index (χ0) is 20.5. The molecule has 1 amide bonds. The highest BCUT2D eigenvalue weighted by molar-refractivity contribution is 8.16. The number of hydrogen-bond donors (Lipinski definition) is 1. The first kappa shape index (κ1) is 19.6. The van der Waals surface area contributed by atoms with Gasteiger partial charge in [0, 0.05) is 11.7 Å². The van der Waals surface area contributed by atoms with Crippen LogP contribution in [0.5, 0.6) is 5.75 Å². The summed E-state index contributed by atoms with van der Waals surface area (Å²) in [4.78, 5) is 31.7. The van der Waals surface area contributed by atoms with Crippen LogP contribution in [0.1, 0.15) is 37.8 Å². The van der Waals surface area contributed by atoms with E-state index in [2.05, 4.69) is 10.3 Å². The number of allylic oxidation sites excluding steroid dienone is 1. The second-order valence-corrected chi connectivity index (χ2v) is 8.02. The Kier molecular flexibility index (Phi) is 5.36. The minimum atomic E-state index is -0.444. The molecule has 29 heavy (non-hydrogen) atoms. The van der Waals surface area contributed by atoms with Crippen molar-refractivity contribution in [2.75, 3.05) is 14.2 Å². The van der Waals surface area contributed by atoms with E-state index in [0.717, 1.165) is 29.3 Å². The van der Waals surface area contributed by atoms with Crippen molar-refractivity contribution in [1.29, 1.82) is 0 Å². The fraction of sp³-hybridized carbons (Fsp3) is 0.381. The molecule has 4 rings (SSSR count). The molecule has 0 saturated heterocycles. The third-order valence-corrected chi connectivity index (χ3v) is 5.99. The molecule has 1 saturated carbocycles. The zero-order valence-electron chi connectivity index (χ0n) is 16.6. The second kappa shape index (κ2) is 7.94. The van der Waals surface area contributed by atoms with Gasteiger partial charge in [0.1, 0.15) is 5.75 Å². The van der Waals surface area contributed by atoms with E-state index in [1.165, 1.54) is 18.9 Å². The van der Waals surface area contributed by atoms with Gasteiger partial charge in [0.15, 0.2) is 5.17 Å². The van der Waals surface area contributed by atoms with Crippen molar-refractivity contribution < 1.29 is 19.1 Å². The largest absolute Gasteiger partial charge is 0.497 e. The van der Waals surface area contributed by atoms with Crippen LogP contribution < -0.4 is 10.1 Å². The van der Waals surface area contributed by atoms with Crippen LogP contribution in [-0.2, 0) is 14.3 Å². The molecule has 0 bridgehead atoms. The summed E-state index contributed by atoms with van der Waals surface area (Å²) in [7, 11) is 2.97. The summed E-state index contributed by atoms with van der Waals surface area (Å²) in [5.74, 6) is 0.241. The fourth-order valence-electron chi connectivity index (χ4n) is 3.54. The smallest absolute Gasteiger partial charge is 0.338 e. The van der Waals surface area contributed by atoms with Crippen molar-refractivity contribution in [3.63, 3.8) is 0 Å². The lowest BCUT2D eigenvalue weighted by Gasteiger charge is -2.36. The topological polar surface area (TPSA) is 80.2 Å². The van der Waals surface area contributed by atoms with Gasteiger partial charge in [-0.15, -0.1) is 0 Å². The monoisotopic (exact) mass is 413 g/mol. The average molecular weight is 413 g/mol. The van der Waals surface area contributed by atoms with Crippen LogP contribution >= 0.6 is 11.8 Å². The highest BCUT2D eigenvalue weighted by Gasteiger charge is 2.41. The molecule has 0 radical (unpaired) electrons. The van der Waals surface area contributed by atoms with Crippen molar-refractivity contribution >= 4 is 28.8 Å². The molecule has 2 heterocycles. The molecule has 7 nitrogen and oxygen atoms in total. The lowest BCUT2D eigenvalue weighted by molar-refractivity contribution is -0.136. The standard InChI is InChI=1S/C21H23N3O4S/c1-12-18(20(26)28-3)19(13-5-4-6-16(9-13)27-2)24-15(11-29-21(24)22-12)10-17(25)23-14-7-8-14/h4-6,9,11,14,19H,7-8,10H2,1-3H3,(H,23,25)/t19-/m1/s1. The van der Waals surface area contributed by atoms with Crippen molar-refractivity contribution in [3.05, 3.63) is 52.2 Å². The predicted molar refractivity (Wildman–Crippen MR) is 111 cm³/mol. The first-order valence-electron chi connectivity index (χ1n) is 9.48. The lowest BCUT2D eigenvalue weighted by atomic mass is 9.93. The number of amidine groups is 1. The number of hydrogen-bond acceptors (Lipinski definition) is 7. The molecule has 8 heteroatoms. The van der Waals surface area contributed by atoms with E-state index in [9.17, 15) is 9.59 Å². The molecule has 0 spiro atoms. The molecule has 3 aliphatic rings. The summed E-state index contributed by atoms with van der Waals surface area (Å²) in [6.07, 6.45) is 2.31. The van der Waals surface area contributed by atoms with Crippen LogP contribution in [0.4, 0.5) is 0 Å². The van der Waals surface area contributed by atoms with Gasteiger partial charge in [0.2, 0.25) is 5.91 Å². The molecular weight excluding hydrogens is 390 g/mol. The highest BCUT2D eigenvalue weighted by atomic mass is 32.2. The number of methoxy groups -OCH3 is 2. The number of fused-ring (bicyclic) bond motifs is 1. The Balaban J connectivity index is 1.73. The van der Waals surface area contributed by atoms with E-state index >= 15 is 0 Å². The number of carbonyl (C=O) groups excluding carboxylic acids is 2. The average Bonchev–Trinajstić information content (AvgIpc) is 3.45. The number of thioether (sulfide) groups is 1. The minimum Gasteiger partial charge on any atom is -0.497 e. The molecule has 0 unspecified atom stereocenters. The number of nitrogens with zero attached hydrogens (tertiary/aromatic N) is 2. The highest BCUT2D eigenvalue weighted by Crippen LogP contribution is 2.45. The van der Waals surface area contributed by atoms with Gasteiger partial charge >= 0.3 is 5.97 Å². The molecule has 1 aromatic rings. The van der Waals surface area contributed by atoms with Crippen LogP contribution in [0.25, 0.3) is 0 Å². The van der Waals surface area contributed by atoms with E-state index in [1.807, 2.05) is 41.5 Å². The number of esters is 1. The van der Waals surface area contributed by atoms with Gasteiger partial charge in [-0.05, 0) is 42.9 Å². The maximum Gasteiger partial charge on any atom is 0.338 e. The quantitative estimate of drug-likeness (QED) is 0.722. The fourth-order valence-corrected chi connectivity index (χ4v) is 4.50. The van der Waals surface area contributed by atoms with Gasteiger partial charge in [-0.25, -0.2) is 9.79 Å². The first-order valence-corrected chi connectivity index (χ1v) is 10.4. The summed E-state index contributed by atoms with van der Waals surface area (Å²) in [6, 6.07) is 7.43. The van der Waals surface area contributed by atoms with Crippen LogP contribution in [0.15, 0.2) is 51.6 Å². The molecule has 1 atom stereocenters. The van der Waals surface area contributed by atoms with Gasteiger partial charge in [-0.3, -0.25) is 4.79 Å². The summed E-state index contributed by atoms with van der Waals surface area (Å²) in [5, 5.41) is 5.71. The Morgan fingerprint density at radius 2 is 2.10 bits per heavy atom. The van der Waals surface area contributed by atoms with Gasteiger partial charge in [-0.1, -0.05) is 23.9 Å². The number of nitrogens with one attached hydrogen (secondary N) is 1. The van der Waals surface area contributed by atoms with Crippen molar-refractivity contribution in [2.24, 2.45) is 4.99 Å². The molecule has 1 fully saturated rings. The Bertz CT molecular complexity index is 949. The molecule has 152 valence electrons. The Labute approximate surface area is 173 Å². The molecule has 1 N–H and O–H groups in total. The molecule has 1 aromatic carbocycles. The first-order chi connectivity index (χ1) is 14.0. The van der Waals surface area contributed by atoms with E-state index in [-0.39, 0.29) is 12.3 Å².